The van der Waals surface area contributed by atoms with Crippen LogP contribution >= 0.6 is 22.9 Å². The first-order valence-corrected chi connectivity index (χ1v) is 13.0. The fourth-order valence-corrected chi connectivity index (χ4v) is 5.83. The molecule has 1 fully saturated rings. The van der Waals surface area contributed by atoms with Gasteiger partial charge in [0.05, 0.1) is 22.6 Å². The summed E-state index contributed by atoms with van der Waals surface area (Å²) in [5, 5.41) is 0. The minimum Gasteiger partial charge on any atom is -0.466 e. The van der Waals surface area contributed by atoms with Gasteiger partial charge in [0, 0.05) is 55.8 Å². The van der Waals surface area contributed by atoms with E-state index in [4.69, 9.17) is 26.3 Å². The molecule has 1 saturated heterocycles. The molecule has 34 heavy (non-hydrogen) atoms. The average Bonchev–Trinajstić information content (AvgIpc) is 3.28. The van der Waals surface area contributed by atoms with E-state index in [-0.39, 0.29) is 11.9 Å². The Balaban J connectivity index is 1.42. The predicted octanol–water partition coefficient (Wildman–Crippen LogP) is 4.59. The molecule has 0 amide bonds. The molecule has 178 valence electrons. The topological polar surface area (TPSA) is 71.5 Å². The maximum absolute atomic E-state index is 12.2. The van der Waals surface area contributed by atoms with Crippen LogP contribution in [-0.2, 0) is 29.0 Å². The van der Waals surface area contributed by atoms with Crippen molar-refractivity contribution in [3.8, 4) is 11.5 Å². The first-order valence-electron chi connectivity index (χ1n) is 11.8. The summed E-state index contributed by atoms with van der Waals surface area (Å²) in [4.78, 5) is 32.7. The summed E-state index contributed by atoms with van der Waals surface area (Å²) >= 11 is 7.78. The van der Waals surface area contributed by atoms with E-state index in [1.165, 1.54) is 10.4 Å². The van der Waals surface area contributed by atoms with Crippen molar-refractivity contribution >= 4 is 34.7 Å². The first-order chi connectivity index (χ1) is 16.6. The lowest BCUT2D eigenvalue weighted by molar-refractivity contribution is -0.148. The highest BCUT2D eigenvalue weighted by molar-refractivity contribution is 7.16. The highest BCUT2D eigenvalue weighted by Gasteiger charge is 2.31. The van der Waals surface area contributed by atoms with Gasteiger partial charge in [-0.15, -0.1) is 11.3 Å². The Morgan fingerprint density at radius 2 is 2.03 bits per heavy atom. The van der Waals surface area contributed by atoms with Crippen molar-refractivity contribution in [1.82, 2.24) is 19.9 Å². The molecule has 0 N–H and O–H groups in total. The molecular formula is C25H28ClN5O2S. The predicted molar refractivity (Wildman–Crippen MR) is 134 cm³/mol. The fraction of sp³-hybridized carbons (Fsp3) is 0.440. The molecule has 2 aliphatic rings. The smallest absolute Gasteiger partial charge is 0.309 e. The molecule has 0 radical (unpaired) electrons. The largest absolute Gasteiger partial charge is 0.466 e. The molecule has 0 unspecified atom stereocenters. The van der Waals surface area contributed by atoms with Crippen molar-refractivity contribution in [2.24, 2.45) is 5.92 Å². The summed E-state index contributed by atoms with van der Waals surface area (Å²) < 4.78 is 6.08. The number of carbonyl (C=O) groups excluding carboxylic acids is 1. The second kappa shape index (κ2) is 10.4. The van der Waals surface area contributed by atoms with Crippen LogP contribution in [0.4, 0.5) is 5.82 Å². The molecule has 0 aliphatic carbocycles. The van der Waals surface area contributed by atoms with E-state index < -0.39 is 0 Å². The van der Waals surface area contributed by atoms with Crippen molar-refractivity contribution < 1.29 is 9.53 Å². The Kier molecular flexibility index (Phi) is 7.08. The molecule has 3 aromatic heterocycles. The normalized spacial score (nSPS) is 16.9. The lowest BCUT2D eigenvalue weighted by atomic mass is 9.96. The molecule has 5 rings (SSSR count). The van der Waals surface area contributed by atoms with Gasteiger partial charge >= 0.3 is 5.97 Å². The van der Waals surface area contributed by atoms with Gasteiger partial charge < -0.3 is 9.64 Å². The Bertz CT molecular complexity index is 1150. The van der Waals surface area contributed by atoms with Gasteiger partial charge in [0.25, 0.3) is 0 Å². The van der Waals surface area contributed by atoms with E-state index in [0.717, 1.165) is 73.5 Å². The molecule has 0 atom stereocenters. The van der Waals surface area contributed by atoms with Crippen LogP contribution in [0.15, 0.2) is 36.5 Å². The van der Waals surface area contributed by atoms with Crippen molar-refractivity contribution in [3.63, 3.8) is 0 Å². The lowest BCUT2D eigenvalue weighted by Gasteiger charge is -2.36. The molecular weight excluding hydrogens is 470 g/mol. The molecule has 0 aromatic carbocycles. The second-order valence-electron chi connectivity index (χ2n) is 8.69. The van der Waals surface area contributed by atoms with Crippen molar-refractivity contribution in [2.75, 3.05) is 31.1 Å². The SMILES string of the molecule is CCOC(=O)C1CCN(c2nc(-c3ccccn3)nc3c2CN(Cc2ccc(Cl)s2)CC3)CC1. The number of hydrogen-bond acceptors (Lipinski definition) is 8. The third kappa shape index (κ3) is 5.09. The monoisotopic (exact) mass is 497 g/mol. The molecule has 5 heterocycles. The maximum atomic E-state index is 12.2. The molecule has 9 heteroatoms. The number of pyridine rings is 1. The van der Waals surface area contributed by atoms with Gasteiger partial charge in [-0.3, -0.25) is 14.7 Å². The minimum atomic E-state index is -0.0816. The number of nitrogens with zero attached hydrogens (tertiary/aromatic N) is 5. The van der Waals surface area contributed by atoms with Gasteiger partial charge in [-0.25, -0.2) is 9.97 Å². The van der Waals surface area contributed by atoms with E-state index in [1.807, 2.05) is 31.2 Å². The van der Waals surface area contributed by atoms with Crippen LogP contribution in [0.1, 0.15) is 35.9 Å². The van der Waals surface area contributed by atoms with Crippen molar-refractivity contribution in [1.29, 1.82) is 0 Å². The van der Waals surface area contributed by atoms with Gasteiger partial charge in [-0.1, -0.05) is 17.7 Å². The third-order valence-corrected chi connectivity index (χ3v) is 7.65. The Labute approximate surface area is 208 Å². The van der Waals surface area contributed by atoms with Gasteiger partial charge in [0.1, 0.15) is 11.5 Å². The number of fused-ring (bicyclic) bond motifs is 1. The van der Waals surface area contributed by atoms with E-state index in [0.29, 0.717) is 12.4 Å². The summed E-state index contributed by atoms with van der Waals surface area (Å²) in [6.07, 6.45) is 4.18. The van der Waals surface area contributed by atoms with E-state index in [2.05, 4.69) is 20.9 Å². The van der Waals surface area contributed by atoms with Gasteiger partial charge in [0.2, 0.25) is 0 Å². The zero-order valence-corrected chi connectivity index (χ0v) is 20.8. The van der Waals surface area contributed by atoms with Crippen LogP contribution in [0.2, 0.25) is 4.34 Å². The number of rotatable bonds is 6. The van der Waals surface area contributed by atoms with Crippen LogP contribution < -0.4 is 4.90 Å². The van der Waals surface area contributed by atoms with Crippen LogP contribution in [0.5, 0.6) is 0 Å². The zero-order chi connectivity index (χ0) is 23.5. The lowest BCUT2D eigenvalue weighted by Crippen LogP contribution is -2.39. The summed E-state index contributed by atoms with van der Waals surface area (Å²) in [5.41, 5.74) is 3.06. The standard InChI is InChI=1S/C25H28ClN5O2S/c1-2-33-25(32)17-8-13-31(14-9-17)24-19-16-30(15-18-6-7-22(26)34-18)12-10-20(19)28-23(29-24)21-5-3-4-11-27-21/h3-7,11,17H,2,8-10,12-16H2,1H3. The van der Waals surface area contributed by atoms with Gasteiger partial charge in [-0.2, -0.15) is 0 Å². The number of aromatic nitrogens is 3. The highest BCUT2D eigenvalue weighted by atomic mass is 35.5. The summed E-state index contributed by atoms with van der Waals surface area (Å²) in [6.45, 7) is 6.42. The molecule has 0 bridgehead atoms. The number of halogens is 1. The van der Waals surface area contributed by atoms with Crippen molar-refractivity contribution in [3.05, 3.63) is 57.0 Å². The molecule has 0 saturated carbocycles. The van der Waals surface area contributed by atoms with E-state index >= 15 is 0 Å². The number of hydrogen-bond donors (Lipinski definition) is 0. The number of anilines is 1. The summed E-state index contributed by atoms with van der Waals surface area (Å²) in [6, 6.07) is 9.88. The van der Waals surface area contributed by atoms with Crippen molar-refractivity contribution in [2.45, 2.75) is 39.3 Å². The second-order valence-corrected chi connectivity index (χ2v) is 10.5. The van der Waals surface area contributed by atoms with Crippen LogP contribution in [0.3, 0.4) is 0 Å². The quantitative estimate of drug-likeness (QED) is 0.461. The van der Waals surface area contributed by atoms with Gasteiger partial charge in [0.15, 0.2) is 5.82 Å². The van der Waals surface area contributed by atoms with Crippen LogP contribution in [0.25, 0.3) is 11.5 Å². The Morgan fingerprint density at radius 3 is 2.74 bits per heavy atom. The Hall–Kier alpha value is -2.55. The molecule has 3 aromatic rings. The maximum Gasteiger partial charge on any atom is 0.309 e. The summed E-state index contributed by atoms with van der Waals surface area (Å²) in [7, 11) is 0. The molecule has 7 nitrogen and oxygen atoms in total. The third-order valence-electron chi connectivity index (χ3n) is 6.43. The van der Waals surface area contributed by atoms with Crippen LogP contribution in [0, 0.1) is 5.92 Å². The fourth-order valence-electron chi connectivity index (χ4n) is 4.70. The molecule has 2 aliphatic heterocycles. The summed E-state index contributed by atoms with van der Waals surface area (Å²) in [5.74, 6) is 1.52. The van der Waals surface area contributed by atoms with E-state index in [9.17, 15) is 4.79 Å². The zero-order valence-electron chi connectivity index (χ0n) is 19.2. The molecule has 0 spiro atoms. The van der Waals surface area contributed by atoms with E-state index in [1.54, 1.807) is 17.5 Å². The average molecular weight is 498 g/mol. The van der Waals surface area contributed by atoms with Crippen LogP contribution in [-0.4, -0.2) is 52.1 Å². The number of carbonyl (C=O) groups is 1. The minimum absolute atomic E-state index is 0.0378. The Morgan fingerprint density at radius 1 is 1.18 bits per heavy atom. The van der Waals surface area contributed by atoms with Gasteiger partial charge in [-0.05, 0) is 44.0 Å². The first kappa shape index (κ1) is 23.2. The number of esters is 1. The number of thiophene rings is 1. The number of piperidine rings is 1. The number of ether oxygens (including phenoxy) is 1. The highest BCUT2D eigenvalue weighted by Crippen LogP contribution is 2.33.